The van der Waals surface area contributed by atoms with Gasteiger partial charge in [-0.15, -0.1) is 11.6 Å². The van der Waals surface area contributed by atoms with E-state index in [0.717, 1.165) is 5.01 Å². The largest absolute Gasteiger partial charge is 0.292 e. The molecule has 1 aliphatic rings. The Morgan fingerprint density at radius 3 is 1.91 bits per heavy atom. The molecule has 0 N–H and O–H groups in total. The molecule has 0 unspecified atom stereocenters. The lowest BCUT2D eigenvalue weighted by Crippen LogP contribution is -2.57. The number of benzene rings is 3. The summed E-state index contributed by atoms with van der Waals surface area (Å²) >= 11 is 24.1. The number of carbonyl (C=O) groups is 4. The monoisotopic (exact) mass is 548 g/mol. The van der Waals surface area contributed by atoms with Crippen LogP contribution in [0.1, 0.15) is 47.9 Å². The van der Waals surface area contributed by atoms with Crippen molar-refractivity contribution in [1.82, 2.24) is 10.0 Å². The summed E-state index contributed by atoms with van der Waals surface area (Å²) in [6.07, 6.45) is -0.0382. The Morgan fingerprint density at radius 1 is 0.800 bits per heavy atom. The van der Waals surface area contributed by atoms with Gasteiger partial charge in [-0.25, -0.2) is 5.01 Å². The number of hydrazine groups is 1. The van der Waals surface area contributed by atoms with Crippen molar-refractivity contribution in [2.24, 2.45) is 0 Å². The van der Waals surface area contributed by atoms with Crippen molar-refractivity contribution in [2.75, 3.05) is 5.88 Å². The Balaban J connectivity index is 1.85. The predicted molar refractivity (Wildman–Crippen MR) is 134 cm³/mol. The zero-order valence-corrected chi connectivity index (χ0v) is 20.9. The zero-order valence-electron chi connectivity index (χ0n) is 17.9. The molecule has 3 amide bonds. The number of amides is 3. The smallest absolute Gasteiger partial charge is 0.280 e. The number of halogens is 4. The molecule has 0 bridgehead atoms. The molecule has 35 heavy (non-hydrogen) atoms. The molecule has 4 rings (SSSR count). The highest BCUT2D eigenvalue weighted by Gasteiger charge is 2.46. The average Bonchev–Trinajstić information content (AvgIpc) is 3.10. The van der Waals surface area contributed by atoms with Gasteiger partial charge in [0.1, 0.15) is 6.04 Å². The van der Waals surface area contributed by atoms with Crippen molar-refractivity contribution in [3.05, 3.63) is 104 Å². The molecule has 0 fully saturated rings. The summed E-state index contributed by atoms with van der Waals surface area (Å²) in [7, 11) is 0. The fraction of sp³-hybridized carbons (Fsp3) is 0.120. The molecular formula is C25H16Cl4N2O4. The van der Waals surface area contributed by atoms with Crippen LogP contribution in [0.15, 0.2) is 66.7 Å². The summed E-state index contributed by atoms with van der Waals surface area (Å²) in [5, 5.41) is 2.28. The van der Waals surface area contributed by atoms with E-state index in [1.165, 1.54) is 54.6 Å². The molecule has 1 atom stereocenters. The Kier molecular flexibility index (Phi) is 7.47. The van der Waals surface area contributed by atoms with Crippen LogP contribution in [-0.4, -0.2) is 45.4 Å². The number of nitrogens with zero attached hydrogens (tertiary/aromatic N) is 2. The van der Waals surface area contributed by atoms with Gasteiger partial charge in [0.2, 0.25) is 0 Å². The second-order valence-corrected chi connectivity index (χ2v) is 9.24. The molecule has 0 aliphatic carbocycles. The number of Topliss-reactive ketones (excluding diaryl/α,β-unsaturated/α-hetero) is 1. The minimum absolute atomic E-state index is 0.0273. The lowest BCUT2D eigenvalue weighted by atomic mass is 10.0. The van der Waals surface area contributed by atoms with Gasteiger partial charge in [-0.3, -0.25) is 19.2 Å². The van der Waals surface area contributed by atoms with E-state index >= 15 is 0 Å². The van der Waals surface area contributed by atoms with Gasteiger partial charge in [-0.1, -0.05) is 46.9 Å². The van der Waals surface area contributed by atoms with Gasteiger partial charge in [-0.05, 0) is 61.0 Å². The van der Waals surface area contributed by atoms with Gasteiger partial charge < -0.3 is 0 Å². The zero-order chi connectivity index (χ0) is 25.3. The van der Waals surface area contributed by atoms with Gasteiger partial charge in [0.15, 0.2) is 5.78 Å². The highest BCUT2D eigenvalue weighted by Crippen LogP contribution is 2.30. The van der Waals surface area contributed by atoms with Gasteiger partial charge in [-0.2, -0.15) is 5.01 Å². The summed E-state index contributed by atoms with van der Waals surface area (Å²) in [5.74, 6) is -2.81. The van der Waals surface area contributed by atoms with E-state index in [1.54, 1.807) is 12.1 Å². The first-order chi connectivity index (χ1) is 16.7. The molecule has 10 heteroatoms. The molecule has 178 valence electrons. The Labute approximate surface area is 220 Å². The third kappa shape index (κ3) is 4.80. The first-order valence-corrected chi connectivity index (χ1v) is 12.0. The van der Waals surface area contributed by atoms with Gasteiger partial charge in [0.05, 0.1) is 21.2 Å². The maximum Gasteiger partial charge on any atom is 0.280 e. The first kappa shape index (κ1) is 25.2. The highest BCUT2D eigenvalue weighted by atomic mass is 35.5. The van der Waals surface area contributed by atoms with Crippen LogP contribution in [-0.2, 0) is 0 Å². The maximum absolute atomic E-state index is 13.8. The number of hydrogen-bond acceptors (Lipinski definition) is 4. The van der Waals surface area contributed by atoms with Crippen molar-refractivity contribution in [2.45, 2.75) is 12.5 Å². The fourth-order valence-corrected chi connectivity index (χ4v) is 4.41. The van der Waals surface area contributed by atoms with Crippen LogP contribution in [0.5, 0.6) is 0 Å². The highest BCUT2D eigenvalue weighted by molar-refractivity contribution is 6.42. The molecule has 0 aromatic heterocycles. The summed E-state index contributed by atoms with van der Waals surface area (Å²) in [4.78, 5) is 54.0. The number of fused-ring (bicyclic) bond motifs is 1. The second kappa shape index (κ2) is 10.4. The lowest BCUT2D eigenvalue weighted by Gasteiger charge is -2.36. The summed E-state index contributed by atoms with van der Waals surface area (Å²) < 4.78 is 0. The topological polar surface area (TPSA) is 74.8 Å². The van der Waals surface area contributed by atoms with Crippen LogP contribution < -0.4 is 0 Å². The van der Waals surface area contributed by atoms with Crippen LogP contribution in [0.25, 0.3) is 0 Å². The molecule has 3 aromatic carbocycles. The maximum atomic E-state index is 13.8. The van der Waals surface area contributed by atoms with E-state index in [2.05, 4.69) is 0 Å². The first-order valence-electron chi connectivity index (χ1n) is 10.4. The lowest BCUT2D eigenvalue weighted by molar-refractivity contribution is -0.00960. The van der Waals surface area contributed by atoms with E-state index in [4.69, 9.17) is 46.4 Å². The molecular weight excluding hydrogens is 534 g/mol. The third-order valence-corrected chi connectivity index (χ3v) is 6.68. The number of hydrogen-bond donors (Lipinski definition) is 0. The van der Waals surface area contributed by atoms with Gasteiger partial charge >= 0.3 is 0 Å². The van der Waals surface area contributed by atoms with Gasteiger partial charge in [0.25, 0.3) is 17.7 Å². The molecule has 1 heterocycles. The number of alkyl halides is 1. The van der Waals surface area contributed by atoms with E-state index in [1.807, 2.05) is 0 Å². The fourth-order valence-electron chi connectivity index (χ4n) is 3.78. The Bertz CT molecular complexity index is 1310. The van der Waals surface area contributed by atoms with E-state index in [-0.39, 0.29) is 44.6 Å². The average molecular weight is 550 g/mol. The summed E-state index contributed by atoms with van der Waals surface area (Å²) in [5.41, 5.74) is 0.494. The minimum Gasteiger partial charge on any atom is -0.292 e. The molecule has 6 nitrogen and oxygen atoms in total. The third-order valence-electron chi connectivity index (χ3n) is 5.47. The van der Waals surface area contributed by atoms with Crippen LogP contribution in [0, 0.1) is 0 Å². The molecule has 0 radical (unpaired) electrons. The van der Waals surface area contributed by atoms with Crippen molar-refractivity contribution >= 4 is 69.9 Å². The molecule has 0 spiro atoms. The van der Waals surface area contributed by atoms with Crippen LogP contribution in [0.3, 0.4) is 0 Å². The normalized spacial score (nSPS) is 13.5. The minimum atomic E-state index is -1.28. The predicted octanol–water partition coefficient (Wildman–Crippen LogP) is 6.18. The number of imide groups is 1. The quantitative estimate of drug-likeness (QED) is 0.200. The van der Waals surface area contributed by atoms with Crippen LogP contribution in [0.4, 0.5) is 0 Å². The van der Waals surface area contributed by atoms with Gasteiger partial charge in [0, 0.05) is 22.0 Å². The molecule has 3 aromatic rings. The Hall–Kier alpha value is -2.90. The Morgan fingerprint density at radius 2 is 1.37 bits per heavy atom. The molecule has 0 saturated heterocycles. The second-order valence-electron chi connectivity index (χ2n) is 7.61. The number of ketones is 1. The standard InChI is InChI=1S/C25H16Cl4N2O4/c26-12-11-21(22(32)14-5-8-16(27)9-6-14)30(23(33)15-7-10-19(28)20(29)13-15)31-24(34)17-3-1-2-4-18(17)25(31)35/h1-10,13,21H,11-12H2/t21-/m1/s1. The number of carbonyl (C=O) groups excluding carboxylic acids is 4. The van der Waals surface area contributed by atoms with E-state index < -0.39 is 29.5 Å². The van der Waals surface area contributed by atoms with Crippen molar-refractivity contribution in [3.63, 3.8) is 0 Å². The van der Waals surface area contributed by atoms with E-state index in [9.17, 15) is 19.2 Å². The van der Waals surface area contributed by atoms with Crippen molar-refractivity contribution < 1.29 is 19.2 Å². The molecule has 1 aliphatic heterocycles. The van der Waals surface area contributed by atoms with Crippen LogP contribution >= 0.6 is 46.4 Å². The molecule has 0 saturated carbocycles. The summed E-state index contributed by atoms with van der Waals surface area (Å²) in [6, 6.07) is 15.1. The summed E-state index contributed by atoms with van der Waals surface area (Å²) in [6.45, 7) is 0. The van der Waals surface area contributed by atoms with Crippen molar-refractivity contribution in [1.29, 1.82) is 0 Å². The number of rotatable bonds is 7. The van der Waals surface area contributed by atoms with Crippen LogP contribution in [0.2, 0.25) is 15.1 Å². The SMILES string of the molecule is O=C(c1ccc(Cl)cc1)[C@@H](CCCl)N(C(=O)c1ccc(Cl)c(Cl)c1)N1C(=O)c2ccccc2C1=O. The van der Waals surface area contributed by atoms with E-state index in [0.29, 0.717) is 10.0 Å². The van der Waals surface area contributed by atoms with Crippen molar-refractivity contribution in [3.8, 4) is 0 Å².